The van der Waals surface area contributed by atoms with Gasteiger partial charge in [-0.05, 0) is 23.7 Å². The highest BCUT2D eigenvalue weighted by atomic mass is 35.5. The molecule has 0 amide bonds. The second-order valence-electron chi connectivity index (χ2n) is 3.26. The molecular weight excluding hydrogens is 264 g/mol. The summed E-state index contributed by atoms with van der Waals surface area (Å²) in [5, 5.41) is 5.37. The number of aromatic nitrogens is 3. The topological polar surface area (TPSA) is 62.7 Å². The van der Waals surface area contributed by atoms with Crippen LogP contribution in [-0.2, 0) is 0 Å². The molecule has 0 aliphatic carbocycles. The van der Waals surface area contributed by atoms with E-state index in [4.69, 9.17) is 11.6 Å². The van der Waals surface area contributed by atoms with Gasteiger partial charge in [0.2, 0.25) is 17.2 Å². The van der Waals surface area contributed by atoms with Crippen molar-refractivity contribution in [1.82, 2.24) is 15.0 Å². The fourth-order valence-corrected chi connectivity index (χ4v) is 1.38. The molecule has 0 fully saturated rings. The second-order valence-corrected chi connectivity index (χ2v) is 3.59. The Morgan fingerprint density at radius 1 is 1.06 bits per heavy atom. The third kappa shape index (κ3) is 2.80. The zero-order valence-corrected chi connectivity index (χ0v) is 9.96. The van der Waals surface area contributed by atoms with Crippen LogP contribution < -0.4 is 10.6 Å². The second kappa shape index (κ2) is 5.09. The molecule has 1 heterocycles. The first-order valence-corrected chi connectivity index (χ1v) is 5.27. The van der Waals surface area contributed by atoms with Crippen molar-refractivity contribution in [2.24, 2.45) is 0 Å². The van der Waals surface area contributed by atoms with E-state index in [1.807, 2.05) is 0 Å². The largest absolute Gasteiger partial charge is 0.357 e. The van der Waals surface area contributed by atoms with Crippen LogP contribution in [0.1, 0.15) is 0 Å². The number of benzene rings is 1. The number of nitrogens with one attached hydrogen (secondary N) is 2. The van der Waals surface area contributed by atoms with Crippen molar-refractivity contribution in [2.75, 3.05) is 17.7 Å². The lowest BCUT2D eigenvalue weighted by Crippen LogP contribution is -2.04. The van der Waals surface area contributed by atoms with Crippen LogP contribution in [0.5, 0.6) is 0 Å². The van der Waals surface area contributed by atoms with E-state index >= 15 is 0 Å². The molecule has 2 rings (SSSR count). The lowest BCUT2D eigenvalue weighted by molar-refractivity contribution is 0.509. The van der Waals surface area contributed by atoms with Crippen LogP contribution in [0.4, 0.5) is 26.4 Å². The van der Waals surface area contributed by atoms with Crippen molar-refractivity contribution in [3.8, 4) is 0 Å². The molecule has 5 nitrogen and oxygen atoms in total. The smallest absolute Gasteiger partial charge is 0.233 e. The van der Waals surface area contributed by atoms with Crippen molar-refractivity contribution in [3.05, 3.63) is 35.1 Å². The van der Waals surface area contributed by atoms with Gasteiger partial charge in [-0.1, -0.05) is 0 Å². The van der Waals surface area contributed by atoms with Gasteiger partial charge in [0.25, 0.3) is 0 Å². The van der Waals surface area contributed by atoms with Gasteiger partial charge >= 0.3 is 0 Å². The van der Waals surface area contributed by atoms with Crippen molar-refractivity contribution >= 4 is 29.2 Å². The average molecular weight is 272 g/mol. The summed E-state index contributed by atoms with van der Waals surface area (Å²) in [6, 6.07) is 3.35. The number of anilines is 3. The zero-order valence-electron chi connectivity index (χ0n) is 9.21. The van der Waals surface area contributed by atoms with E-state index in [0.29, 0.717) is 5.69 Å². The van der Waals surface area contributed by atoms with Gasteiger partial charge in [0.1, 0.15) is 0 Å². The minimum absolute atomic E-state index is 0.0144. The average Bonchev–Trinajstić information content (AvgIpc) is 2.33. The molecule has 18 heavy (non-hydrogen) atoms. The first-order valence-electron chi connectivity index (χ1n) is 4.90. The van der Waals surface area contributed by atoms with Gasteiger partial charge in [-0.3, -0.25) is 0 Å². The van der Waals surface area contributed by atoms with Crippen molar-refractivity contribution in [2.45, 2.75) is 0 Å². The van der Waals surface area contributed by atoms with Crippen LogP contribution in [0, 0.1) is 11.6 Å². The summed E-state index contributed by atoms with van der Waals surface area (Å²) in [5.41, 5.74) is 0.304. The van der Waals surface area contributed by atoms with E-state index in [-0.39, 0.29) is 17.2 Å². The minimum Gasteiger partial charge on any atom is -0.357 e. The third-order valence-corrected chi connectivity index (χ3v) is 2.18. The number of halogens is 3. The van der Waals surface area contributed by atoms with Crippen LogP contribution >= 0.6 is 11.6 Å². The van der Waals surface area contributed by atoms with Gasteiger partial charge in [-0.25, -0.2) is 8.78 Å². The SMILES string of the molecule is CNc1nc(Cl)nc(Nc2ccc(F)c(F)c2)n1. The molecule has 0 saturated carbocycles. The Balaban J connectivity index is 2.27. The number of hydrogen-bond donors (Lipinski definition) is 2. The molecule has 0 spiro atoms. The zero-order chi connectivity index (χ0) is 13.1. The minimum atomic E-state index is -0.964. The third-order valence-electron chi connectivity index (χ3n) is 2.01. The summed E-state index contributed by atoms with van der Waals surface area (Å²) in [4.78, 5) is 11.5. The van der Waals surface area contributed by atoms with Gasteiger partial charge in [-0.2, -0.15) is 15.0 Å². The maximum absolute atomic E-state index is 13.0. The van der Waals surface area contributed by atoms with Crippen LogP contribution in [-0.4, -0.2) is 22.0 Å². The monoisotopic (exact) mass is 271 g/mol. The fourth-order valence-electron chi connectivity index (χ4n) is 1.22. The highest BCUT2D eigenvalue weighted by Crippen LogP contribution is 2.18. The Hall–Kier alpha value is -2.02. The molecule has 0 aliphatic heterocycles. The molecule has 0 unspecified atom stereocenters. The molecule has 2 aromatic rings. The molecule has 1 aromatic carbocycles. The summed E-state index contributed by atoms with van der Waals surface area (Å²) in [6.07, 6.45) is 0. The van der Waals surface area contributed by atoms with E-state index in [0.717, 1.165) is 12.1 Å². The molecule has 0 bridgehead atoms. The molecule has 2 N–H and O–H groups in total. The lowest BCUT2D eigenvalue weighted by Gasteiger charge is -2.06. The summed E-state index contributed by atoms with van der Waals surface area (Å²) < 4.78 is 25.7. The predicted molar refractivity (Wildman–Crippen MR) is 64.0 cm³/mol. The Labute approximate surface area is 106 Å². The molecular formula is C10H8ClF2N5. The van der Waals surface area contributed by atoms with Gasteiger partial charge < -0.3 is 10.6 Å². The highest BCUT2D eigenvalue weighted by Gasteiger charge is 2.06. The lowest BCUT2D eigenvalue weighted by atomic mass is 10.3. The summed E-state index contributed by atoms with van der Waals surface area (Å²) >= 11 is 5.68. The quantitative estimate of drug-likeness (QED) is 0.898. The van der Waals surface area contributed by atoms with E-state index in [1.165, 1.54) is 6.07 Å². The Morgan fingerprint density at radius 3 is 2.44 bits per heavy atom. The van der Waals surface area contributed by atoms with Crippen LogP contribution in [0.3, 0.4) is 0 Å². The van der Waals surface area contributed by atoms with Crippen LogP contribution in [0.2, 0.25) is 5.28 Å². The van der Waals surface area contributed by atoms with E-state index in [9.17, 15) is 8.78 Å². The van der Waals surface area contributed by atoms with Gasteiger partial charge in [0, 0.05) is 18.8 Å². The predicted octanol–water partition coefficient (Wildman–Crippen LogP) is 2.59. The maximum Gasteiger partial charge on any atom is 0.233 e. The molecule has 8 heteroatoms. The van der Waals surface area contributed by atoms with Crippen molar-refractivity contribution < 1.29 is 8.78 Å². The summed E-state index contributed by atoms with van der Waals surface area (Å²) in [7, 11) is 1.62. The van der Waals surface area contributed by atoms with Crippen molar-refractivity contribution in [3.63, 3.8) is 0 Å². The van der Waals surface area contributed by atoms with Gasteiger partial charge in [0.05, 0.1) is 0 Å². The number of hydrogen-bond acceptors (Lipinski definition) is 5. The molecule has 0 atom stereocenters. The standard InChI is InChI=1S/C10H8ClF2N5/c1-14-9-16-8(11)17-10(18-9)15-5-2-3-6(12)7(13)4-5/h2-4H,1H3,(H2,14,15,16,17,18). The Bertz CT molecular complexity index is 578. The van der Waals surface area contributed by atoms with Crippen LogP contribution in [0.15, 0.2) is 18.2 Å². The Morgan fingerprint density at radius 2 is 1.78 bits per heavy atom. The highest BCUT2D eigenvalue weighted by molar-refractivity contribution is 6.28. The van der Waals surface area contributed by atoms with E-state index in [2.05, 4.69) is 25.6 Å². The van der Waals surface area contributed by atoms with Gasteiger partial charge in [0.15, 0.2) is 11.6 Å². The maximum atomic E-state index is 13.0. The molecule has 94 valence electrons. The normalized spacial score (nSPS) is 10.2. The molecule has 0 radical (unpaired) electrons. The molecule has 0 saturated heterocycles. The molecule has 1 aromatic heterocycles. The first kappa shape index (κ1) is 12.4. The number of rotatable bonds is 3. The summed E-state index contributed by atoms with van der Waals surface area (Å²) in [6.45, 7) is 0. The van der Waals surface area contributed by atoms with E-state index in [1.54, 1.807) is 7.05 Å². The van der Waals surface area contributed by atoms with E-state index < -0.39 is 11.6 Å². The number of nitrogens with zero attached hydrogens (tertiary/aromatic N) is 3. The Kier molecular flexibility index (Phi) is 3.52. The fraction of sp³-hybridized carbons (Fsp3) is 0.100. The first-order chi connectivity index (χ1) is 8.58. The summed E-state index contributed by atoms with van der Waals surface area (Å²) in [5.74, 6) is -1.50. The van der Waals surface area contributed by atoms with Crippen molar-refractivity contribution in [1.29, 1.82) is 0 Å². The van der Waals surface area contributed by atoms with Gasteiger partial charge in [-0.15, -0.1) is 0 Å². The molecule has 0 aliphatic rings. The van der Waals surface area contributed by atoms with Crippen LogP contribution in [0.25, 0.3) is 0 Å².